The Hall–Kier alpha value is -2.41. The largest absolute Gasteiger partial charge is 0.469 e. The van der Waals surface area contributed by atoms with Gasteiger partial charge in [0.15, 0.2) is 0 Å². The van der Waals surface area contributed by atoms with Gasteiger partial charge in [-0.2, -0.15) is 0 Å². The second-order valence-electron chi connectivity index (χ2n) is 5.66. The van der Waals surface area contributed by atoms with Crippen LogP contribution in [-0.4, -0.2) is 38.1 Å². The fraction of sp³-hybridized carbons (Fsp3) is 0.278. The van der Waals surface area contributed by atoms with Crippen LogP contribution in [-0.2, 0) is 9.53 Å². The van der Waals surface area contributed by atoms with E-state index in [4.69, 9.17) is 4.74 Å². The lowest BCUT2D eigenvalue weighted by Crippen LogP contribution is -2.30. The summed E-state index contributed by atoms with van der Waals surface area (Å²) >= 11 is 3.37. The summed E-state index contributed by atoms with van der Waals surface area (Å²) in [5, 5.41) is 2.87. The fourth-order valence-corrected chi connectivity index (χ4v) is 2.49. The van der Waals surface area contributed by atoms with E-state index in [2.05, 4.69) is 26.2 Å². The van der Waals surface area contributed by atoms with Crippen LogP contribution in [0.2, 0.25) is 0 Å². The van der Waals surface area contributed by atoms with Gasteiger partial charge in [0.25, 0.3) is 5.91 Å². The fourth-order valence-electron chi connectivity index (χ4n) is 2.22. The van der Waals surface area contributed by atoms with Gasteiger partial charge in [0.2, 0.25) is 0 Å². The number of carbonyl (C=O) groups is 2. The summed E-state index contributed by atoms with van der Waals surface area (Å²) in [7, 11) is 5.08. The molecule has 2 aromatic rings. The number of ether oxygens (including phenoxy) is 1. The first kappa shape index (κ1) is 18.9. The molecule has 1 aromatic heterocycles. The monoisotopic (exact) mass is 405 g/mol. The molecule has 0 aliphatic carbocycles. The number of hydrogen-bond donors (Lipinski definition) is 1. The highest BCUT2D eigenvalue weighted by molar-refractivity contribution is 9.10. The Labute approximate surface area is 155 Å². The number of carbonyl (C=O) groups excluding carboxylic acids is 2. The number of hydrogen-bond acceptors (Lipinski definition) is 5. The molecule has 0 bridgehead atoms. The molecule has 0 unspecified atom stereocenters. The Balaban J connectivity index is 2.18. The SMILES string of the molecule is COC(=O)C[C@@H](NC(=O)c1ccc(N(C)C)nc1)c1ccc(Br)cc1. The molecule has 1 aromatic carbocycles. The highest BCUT2D eigenvalue weighted by Gasteiger charge is 2.20. The van der Waals surface area contributed by atoms with E-state index in [1.54, 1.807) is 12.1 Å². The second kappa shape index (κ2) is 8.62. The van der Waals surface area contributed by atoms with Crippen LogP contribution in [0, 0.1) is 0 Å². The highest BCUT2D eigenvalue weighted by atomic mass is 79.9. The molecule has 1 amide bonds. The predicted octanol–water partition coefficient (Wildman–Crippen LogP) is 2.94. The zero-order chi connectivity index (χ0) is 18.4. The van der Waals surface area contributed by atoms with Crippen molar-refractivity contribution in [3.63, 3.8) is 0 Å². The van der Waals surface area contributed by atoms with E-state index in [0.29, 0.717) is 5.56 Å². The minimum atomic E-state index is -0.485. The third kappa shape index (κ3) is 5.29. The van der Waals surface area contributed by atoms with Crippen molar-refractivity contribution in [3.05, 3.63) is 58.2 Å². The van der Waals surface area contributed by atoms with Crippen molar-refractivity contribution < 1.29 is 14.3 Å². The van der Waals surface area contributed by atoms with Gasteiger partial charge in [-0.05, 0) is 29.8 Å². The smallest absolute Gasteiger partial charge is 0.307 e. The molecule has 0 aliphatic rings. The third-order valence-corrected chi connectivity index (χ3v) is 4.17. The number of rotatable bonds is 6. The Morgan fingerprint density at radius 1 is 1.20 bits per heavy atom. The lowest BCUT2D eigenvalue weighted by molar-refractivity contribution is -0.141. The molecule has 0 saturated heterocycles. The van der Waals surface area contributed by atoms with Crippen LogP contribution in [0.15, 0.2) is 47.1 Å². The van der Waals surface area contributed by atoms with Crippen LogP contribution in [0.5, 0.6) is 0 Å². The quantitative estimate of drug-likeness (QED) is 0.747. The predicted molar refractivity (Wildman–Crippen MR) is 99.5 cm³/mol. The van der Waals surface area contributed by atoms with Crippen molar-refractivity contribution in [3.8, 4) is 0 Å². The molecule has 0 saturated carbocycles. The Kier molecular flexibility index (Phi) is 6.52. The average Bonchev–Trinajstić information content (AvgIpc) is 2.61. The lowest BCUT2D eigenvalue weighted by atomic mass is 10.0. The molecule has 7 heteroatoms. The van der Waals surface area contributed by atoms with Crippen molar-refractivity contribution in [2.24, 2.45) is 0 Å². The van der Waals surface area contributed by atoms with Crippen LogP contribution >= 0.6 is 15.9 Å². The van der Waals surface area contributed by atoms with E-state index in [0.717, 1.165) is 15.9 Å². The Morgan fingerprint density at radius 2 is 1.88 bits per heavy atom. The zero-order valence-corrected chi connectivity index (χ0v) is 15.9. The zero-order valence-electron chi connectivity index (χ0n) is 14.3. The van der Waals surface area contributed by atoms with E-state index < -0.39 is 12.0 Å². The molecule has 0 fully saturated rings. The summed E-state index contributed by atoms with van der Waals surface area (Å²) < 4.78 is 5.66. The van der Waals surface area contributed by atoms with Gasteiger partial charge >= 0.3 is 5.97 Å². The molecule has 25 heavy (non-hydrogen) atoms. The summed E-state index contributed by atoms with van der Waals surface area (Å²) in [6.07, 6.45) is 1.56. The van der Waals surface area contributed by atoms with Crippen LogP contribution in [0.1, 0.15) is 28.4 Å². The van der Waals surface area contributed by atoms with E-state index in [9.17, 15) is 9.59 Å². The van der Waals surface area contributed by atoms with Gasteiger partial charge in [-0.3, -0.25) is 9.59 Å². The number of amides is 1. The highest BCUT2D eigenvalue weighted by Crippen LogP contribution is 2.21. The number of esters is 1. The number of pyridine rings is 1. The first-order valence-corrected chi connectivity index (χ1v) is 8.46. The van der Waals surface area contributed by atoms with Gasteiger partial charge in [-0.25, -0.2) is 4.98 Å². The van der Waals surface area contributed by atoms with Gasteiger partial charge in [0.1, 0.15) is 5.82 Å². The standard InChI is InChI=1S/C18H20BrN3O3/c1-22(2)16-9-6-13(11-20-16)18(24)21-15(10-17(23)25-3)12-4-7-14(19)8-5-12/h4-9,11,15H,10H2,1-3H3,(H,21,24)/t15-/m1/s1. The molecule has 132 valence electrons. The molecule has 1 N–H and O–H groups in total. The van der Waals surface area contributed by atoms with Crippen molar-refractivity contribution in [2.75, 3.05) is 26.1 Å². The number of nitrogens with zero attached hydrogens (tertiary/aromatic N) is 2. The summed E-state index contributed by atoms with van der Waals surface area (Å²) in [5.41, 5.74) is 1.25. The number of aromatic nitrogens is 1. The molecule has 0 radical (unpaired) electrons. The van der Waals surface area contributed by atoms with Gasteiger partial charge in [-0.1, -0.05) is 28.1 Å². The summed E-state index contributed by atoms with van der Waals surface area (Å²) in [4.78, 5) is 30.3. The molecule has 1 heterocycles. The Morgan fingerprint density at radius 3 is 2.40 bits per heavy atom. The van der Waals surface area contributed by atoms with Crippen LogP contribution < -0.4 is 10.2 Å². The maximum atomic E-state index is 12.5. The maximum Gasteiger partial charge on any atom is 0.307 e. The number of nitrogens with one attached hydrogen (secondary N) is 1. The van der Waals surface area contributed by atoms with E-state index >= 15 is 0 Å². The van der Waals surface area contributed by atoms with Crippen molar-refractivity contribution in [1.29, 1.82) is 0 Å². The minimum absolute atomic E-state index is 0.0487. The minimum Gasteiger partial charge on any atom is -0.469 e. The van der Waals surface area contributed by atoms with E-state index in [1.807, 2.05) is 43.3 Å². The first-order chi connectivity index (χ1) is 11.9. The molecular weight excluding hydrogens is 386 g/mol. The molecular formula is C18H20BrN3O3. The normalized spacial score (nSPS) is 11.5. The van der Waals surface area contributed by atoms with Crippen molar-refractivity contribution in [2.45, 2.75) is 12.5 Å². The third-order valence-electron chi connectivity index (χ3n) is 3.64. The molecule has 0 spiro atoms. The number of methoxy groups -OCH3 is 1. The van der Waals surface area contributed by atoms with Gasteiger partial charge in [-0.15, -0.1) is 0 Å². The van der Waals surface area contributed by atoms with Crippen molar-refractivity contribution >= 4 is 33.6 Å². The molecule has 2 rings (SSSR count). The lowest BCUT2D eigenvalue weighted by Gasteiger charge is -2.19. The van der Waals surface area contributed by atoms with Crippen LogP contribution in [0.3, 0.4) is 0 Å². The van der Waals surface area contributed by atoms with Crippen LogP contribution in [0.25, 0.3) is 0 Å². The molecule has 0 aliphatic heterocycles. The van der Waals surface area contributed by atoms with Gasteiger partial charge in [0, 0.05) is 24.8 Å². The number of halogens is 1. The summed E-state index contributed by atoms with van der Waals surface area (Å²) in [6, 6.07) is 10.4. The van der Waals surface area contributed by atoms with Crippen LogP contribution in [0.4, 0.5) is 5.82 Å². The number of anilines is 1. The molecule has 1 atom stereocenters. The van der Waals surface area contributed by atoms with E-state index in [1.165, 1.54) is 13.3 Å². The summed E-state index contributed by atoms with van der Waals surface area (Å²) in [6.45, 7) is 0. The summed E-state index contributed by atoms with van der Waals surface area (Å²) in [5.74, 6) is 0.0690. The molecule has 6 nitrogen and oxygen atoms in total. The van der Waals surface area contributed by atoms with Crippen molar-refractivity contribution in [1.82, 2.24) is 10.3 Å². The Bertz CT molecular complexity index is 730. The van der Waals surface area contributed by atoms with E-state index in [-0.39, 0.29) is 12.3 Å². The first-order valence-electron chi connectivity index (χ1n) is 7.67. The van der Waals surface area contributed by atoms with Gasteiger partial charge in [0.05, 0.1) is 25.1 Å². The topological polar surface area (TPSA) is 71.5 Å². The average molecular weight is 406 g/mol. The second-order valence-corrected chi connectivity index (χ2v) is 6.57. The number of benzene rings is 1. The van der Waals surface area contributed by atoms with Gasteiger partial charge < -0.3 is 15.0 Å². The maximum absolute atomic E-state index is 12.5.